The molecule has 94 valence electrons. The predicted molar refractivity (Wildman–Crippen MR) is 75.0 cm³/mol. The fourth-order valence-electron chi connectivity index (χ4n) is 3.62. The highest BCUT2D eigenvalue weighted by molar-refractivity contribution is 5.92. The van der Waals surface area contributed by atoms with Crippen LogP contribution >= 0.6 is 0 Å². The van der Waals surface area contributed by atoms with Crippen LogP contribution in [0.1, 0.15) is 6.42 Å². The molecule has 2 atom stereocenters. The number of nitrogens with zero attached hydrogens (tertiary/aromatic N) is 1. The lowest BCUT2D eigenvalue weighted by atomic mass is 9.85. The minimum Gasteiger partial charge on any atom is -0.369 e. The molecule has 1 aromatic carbocycles. The Kier molecular flexibility index (Phi) is 2.33. The summed E-state index contributed by atoms with van der Waals surface area (Å²) >= 11 is 0. The van der Waals surface area contributed by atoms with Crippen molar-refractivity contribution >= 4 is 16.6 Å². The van der Waals surface area contributed by atoms with E-state index in [1.54, 1.807) is 0 Å². The van der Waals surface area contributed by atoms with Crippen molar-refractivity contribution in [1.82, 2.24) is 10.3 Å². The molecule has 0 radical (unpaired) electrons. The Bertz CT molecular complexity index is 548. The normalized spacial score (nSPS) is 27.7. The van der Waals surface area contributed by atoms with E-state index in [0.29, 0.717) is 0 Å². The molecular weight excluding hydrogens is 222 g/mol. The van der Waals surface area contributed by atoms with Gasteiger partial charge in [-0.25, -0.2) is 0 Å². The lowest BCUT2D eigenvalue weighted by Crippen LogP contribution is -2.51. The van der Waals surface area contributed by atoms with E-state index in [-0.39, 0.29) is 0 Å². The van der Waals surface area contributed by atoms with Crippen molar-refractivity contribution in [3.05, 3.63) is 30.5 Å². The first-order valence-corrected chi connectivity index (χ1v) is 6.92. The molecule has 18 heavy (non-hydrogen) atoms. The number of piperidine rings is 2. The second-order valence-electron chi connectivity index (χ2n) is 5.75. The molecule has 0 spiro atoms. The lowest BCUT2D eigenvalue weighted by Gasteiger charge is -2.42. The van der Waals surface area contributed by atoms with Crippen LogP contribution in [-0.4, -0.2) is 31.2 Å². The van der Waals surface area contributed by atoms with E-state index in [9.17, 15) is 0 Å². The standard InChI is InChI=1S/C15H19N3/c1-2-4-14-13(3-1)15(8-17-14)18-9-11-5-12(10-18)7-16-6-11/h1-4,8,11-12,16-17H,5-7,9-10H2. The molecule has 2 saturated heterocycles. The van der Waals surface area contributed by atoms with Crippen molar-refractivity contribution in [3.8, 4) is 0 Å². The van der Waals surface area contributed by atoms with E-state index >= 15 is 0 Å². The Balaban J connectivity index is 1.70. The van der Waals surface area contributed by atoms with Crippen LogP contribution in [0.3, 0.4) is 0 Å². The van der Waals surface area contributed by atoms with Crippen LogP contribution in [-0.2, 0) is 0 Å². The highest BCUT2D eigenvalue weighted by Gasteiger charge is 2.31. The highest BCUT2D eigenvalue weighted by atomic mass is 15.2. The van der Waals surface area contributed by atoms with Gasteiger partial charge in [0.05, 0.1) is 5.69 Å². The monoisotopic (exact) mass is 241 g/mol. The summed E-state index contributed by atoms with van der Waals surface area (Å²) in [6.07, 6.45) is 3.59. The van der Waals surface area contributed by atoms with Gasteiger partial charge in [-0.3, -0.25) is 0 Å². The maximum Gasteiger partial charge on any atom is 0.0624 e. The summed E-state index contributed by atoms with van der Waals surface area (Å²) < 4.78 is 0. The molecule has 3 heteroatoms. The van der Waals surface area contributed by atoms with Crippen molar-refractivity contribution in [2.24, 2.45) is 11.8 Å². The summed E-state index contributed by atoms with van der Waals surface area (Å²) in [6.45, 7) is 4.78. The number of anilines is 1. The Morgan fingerprint density at radius 3 is 2.67 bits per heavy atom. The maximum absolute atomic E-state index is 3.56. The van der Waals surface area contributed by atoms with Gasteiger partial charge in [0, 0.05) is 30.2 Å². The van der Waals surface area contributed by atoms with Crippen molar-refractivity contribution < 1.29 is 0 Å². The van der Waals surface area contributed by atoms with Gasteiger partial charge in [-0.05, 0) is 37.4 Å². The van der Waals surface area contributed by atoms with Gasteiger partial charge in [0.2, 0.25) is 0 Å². The zero-order valence-electron chi connectivity index (χ0n) is 10.5. The number of fused-ring (bicyclic) bond motifs is 3. The Morgan fingerprint density at radius 2 is 1.83 bits per heavy atom. The molecule has 2 bridgehead atoms. The number of rotatable bonds is 1. The average Bonchev–Trinajstić information content (AvgIpc) is 2.82. The van der Waals surface area contributed by atoms with E-state index in [1.165, 1.54) is 49.2 Å². The van der Waals surface area contributed by atoms with Crippen LogP contribution in [0.2, 0.25) is 0 Å². The number of aromatic amines is 1. The minimum absolute atomic E-state index is 0.825. The van der Waals surface area contributed by atoms with Gasteiger partial charge < -0.3 is 15.2 Å². The van der Waals surface area contributed by atoms with E-state index in [2.05, 4.69) is 45.7 Å². The van der Waals surface area contributed by atoms with Gasteiger partial charge in [0.25, 0.3) is 0 Å². The van der Waals surface area contributed by atoms with Crippen LogP contribution in [0.25, 0.3) is 10.9 Å². The van der Waals surface area contributed by atoms with Crippen LogP contribution in [0.4, 0.5) is 5.69 Å². The number of para-hydroxylation sites is 1. The summed E-state index contributed by atoms with van der Waals surface area (Å²) in [5.41, 5.74) is 2.64. The molecule has 3 heterocycles. The highest BCUT2D eigenvalue weighted by Crippen LogP contribution is 2.32. The summed E-state index contributed by atoms with van der Waals surface area (Å²) in [4.78, 5) is 5.98. The van der Waals surface area contributed by atoms with Crippen molar-refractivity contribution in [3.63, 3.8) is 0 Å². The first kappa shape index (κ1) is 10.4. The molecule has 2 unspecified atom stereocenters. The van der Waals surface area contributed by atoms with Crippen molar-refractivity contribution in [1.29, 1.82) is 0 Å². The first-order valence-electron chi connectivity index (χ1n) is 6.92. The summed E-state index contributed by atoms with van der Waals surface area (Å²) in [5, 5.41) is 4.92. The Hall–Kier alpha value is -1.48. The van der Waals surface area contributed by atoms with Gasteiger partial charge in [-0.1, -0.05) is 18.2 Å². The molecule has 2 aliphatic rings. The van der Waals surface area contributed by atoms with E-state index < -0.39 is 0 Å². The molecule has 2 N–H and O–H groups in total. The predicted octanol–water partition coefficient (Wildman–Crippen LogP) is 2.21. The molecule has 3 nitrogen and oxygen atoms in total. The second-order valence-corrected chi connectivity index (χ2v) is 5.75. The average molecular weight is 241 g/mol. The molecular formula is C15H19N3. The molecule has 0 amide bonds. The molecule has 2 fully saturated rings. The zero-order valence-corrected chi connectivity index (χ0v) is 10.5. The summed E-state index contributed by atoms with van der Waals surface area (Å²) in [5.74, 6) is 1.65. The van der Waals surface area contributed by atoms with Gasteiger partial charge in [-0.15, -0.1) is 0 Å². The van der Waals surface area contributed by atoms with Crippen LogP contribution in [0.5, 0.6) is 0 Å². The Labute approximate surface area is 107 Å². The largest absolute Gasteiger partial charge is 0.369 e. The molecule has 2 aromatic rings. The van der Waals surface area contributed by atoms with Crippen LogP contribution < -0.4 is 10.2 Å². The quantitative estimate of drug-likeness (QED) is 0.802. The molecule has 2 aliphatic heterocycles. The number of hydrogen-bond acceptors (Lipinski definition) is 2. The smallest absolute Gasteiger partial charge is 0.0624 e. The Morgan fingerprint density at radius 1 is 1.06 bits per heavy atom. The first-order chi connectivity index (χ1) is 8.90. The summed E-state index contributed by atoms with van der Waals surface area (Å²) in [7, 11) is 0. The van der Waals surface area contributed by atoms with Crippen LogP contribution in [0, 0.1) is 11.8 Å². The van der Waals surface area contributed by atoms with E-state index in [4.69, 9.17) is 0 Å². The molecule has 0 saturated carbocycles. The number of H-pyrrole nitrogens is 1. The fourth-order valence-corrected chi connectivity index (χ4v) is 3.62. The van der Waals surface area contributed by atoms with Gasteiger partial charge in [0.15, 0.2) is 0 Å². The third-order valence-electron chi connectivity index (χ3n) is 4.40. The van der Waals surface area contributed by atoms with Crippen molar-refractivity contribution in [2.75, 3.05) is 31.1 Å². The number of benzene rings is 1. The van der Waals surface area contributed by atoms with Crippen molar-refractivity contribution in [2.45, 2.75) is 6.42 Å². The van der Waals surface area contributed by atoms with E-state index in [1.807, 2.05) is 0 Å². The molecule has 4 rings (SSSR count). The number of hydrogen-bond donors (Lipinski definition) is 2. The molecule has 1 aromatic heterocycles. The van der Waals surface area contributed by atoms with E-state index in [0.717, 1.165) is 11.8 Å². The minimum atomic E-state index is 0.825. The third kappa shape index (κ3) is 1.62. The maximum atomic E-state index is 3.56. The fraction of sp³-hybridized carbons (Fsp3) is 0.467. The molecule has 0 aliphatic carbocycles. The topological polar surface area (TPSA) is 31.1 Å². The lowest BCUT2D eigenvalue weighted by molar-refractivity contribution is 0.250. The zero-order chi connectivity index (χ0) is 11.9. The van der Waals surface area contributed by atoms with Gasteiger partial charge in [-0.2, -0.15) is 0 Å². The third-order valence-corrected chi connectivity index (χ3v) is 4.40. The summed E-state index contributed by atoms with van der Waals surface area (Å²) in [6, 6.07) is 8.61. The second kappa shape index (κ2) is 4.02. The SMILES string of the molecule is c1ccc2c(N3CC4CNCC(C4)C3)c[nH]c2c1. The van der Waals surface area contributed by atoms with Gasteiger partial charge >= 0.3 is 0 Å². The van der Waals surface area contributed by atoms with Gasteiger partial charge in [0.1, 0.15) is 0 Å². The van der Waals surface area contributed by atoms with Crippen LogP contribution in [0.15, 0.2) is 30.5 Å². The number of nitrogens with one attached hydrogen (secondary N) is 2. The number of aromatic nitrogens is 1.